The van der Waals surface area contributed by atoms with Gasteiger partial charge in [-0.15, -0.1) is 11.8 Å². The van der Waals surface area contributed by atoms with E-state index < -0.39 is 24.4 Å². The molecule has 0 saturated heterocycles. The van der Waals surface area contributed by atoms with E-state index in [9.17, 15) is 14.4 Å². The highest BCUT2D eigenvalue weighted by Gasteiger charge is 2.12. The molecule has 2 aromatic rings. The number of phenolic OH excluding ortho intramolecular Hbond substituents is 1. The second-order valence-corrected chi connectivity index (χ2v) is 6.17. The molecule has 0 aliphatic carbocycles. The van der Waals surface area contributed by atoms with Crippen LogP contribution in [0.3, 0.4) is 0 Å². The van der Waals surface area contributed by atoms with Gasteiger partial charge in [-0.25, -0.2) is 4.79 Å². The maximum atomic E-state index is 11.7. The molecule has 0 spiro atoms. The molecular formula is C18H17NO5S. The van der Waals surface area contributed by atoms with Gasteiger partial charge in [0.05, 0.1) is 5.56 Å². The van der Waals surface area contributed by atoms with Crippen molar-refractivity contribution in [3.8, 4) is 5.75 Å². The molecule has 6 nitrogen and oxygen atoms in total. The summed E-state index contributed by atoms with van der Waals surface area (Å²) in [6.07, 6.45) is 0.178. The fraction of sp³-hybridized carbons (Fsp3) is 0.167. The Labute approximate surface area is 149 Å². The van der Waals surface area contributed by atoms with Crippen LogP contribution in [0.5, 0.6) is 5.75 Å². The number of thioether (sulfide) groups is 1. The summed E-state index contributed by atoms with van der Waals surface area (Å²) in [5, 5.41) is 11.3. The number of hydrogen-bond donors (Lipinski definition) is 2. The van der Waals surface area contributed by atoms with E-state index in [4.69, 9.17) is 9.84 Å². The normalized spacial score (nSPS) is 10.1. The summed E-state index contributed by atoms with van der Waals surface area (Å²) < 4.78 is 4.81. The van der Waals surface area contributed by atoms with Crippen LogP contribution in [0.1, 0.15) is 16.8 Å². The zero-order valence-electron chi connectivity index (χ0n) is 13.3. The zero-order valence-corrected chi connectivity index (χ0v) is 14.1. The number of rotatable bonds is 7. The second-order valence-electron chi connectivity index (χ2n) is 5.01. The van der Waals surface area contributed by atoms with Crippen LogP contribution in [0.25, 0.3) is 0 Å². The number of esters is 1. The van der Waals surface area contributed by atoms with Gasteiger partial charge in [0.25, 0.3) is 5.91 Å². The smallest absolute Gasteiger partial charge is 0.338 e. The topological polar surface area (TPSA) is 92.7 Å². The first-order valence-electron chi connectivity index (χ1n) is 7.51. The Morgan fingerprint density at radius 1 is 0.960 bits per heavy atom. The van der Waals surface area contributed by atoms with E-state index in [1.807, 2.05) is 30.3 Å². The van der Waals surface area contributed by atoms with Crippen LogP contribution in [0.4, 0.5) is 0 Å². The summed E-state index contributed by atoms with van der Waals surface area (Å²) in [4.78, 5) is 36.1. The first-order chi connectivity index (χ1) is 12.0. The maximum Gasteiger partial charge on any atom is 0.338 e. The molecule has 0 atom stereocenters. The Hall–Kier alpha value is -2.80. The molecule has 130 valence electrons. The van der Waals surface area contributed by atoms with Crippen LogP contribution in [0.2, 0.25) is 0 Å². The van der Waals surface area contributed by atoms with Crippen molar-refractivity contribution in [2.45, 2.75) is 11.3 Å². The molecule has 2 amide bonds. The van der Waals surface area contributed by atoms with Gasteiger partial charge in [-0.1, -0.05) is 18.2 Å². The van der Waals surface area contributed by atoms with E-state index >= 15 is 0 Å². The average molecular weight is 359 g/mol. The van der Waals surface area contributed by atoms with Crippen molar-refractivity contribution in [3.63, 3.8) is 0 Å². The summed E-state index contributed by atoms with van der Waals surface area (Å²) in [7, 11) is 0. The number of imide groups is 1. The van der Waals surface area contributed by atoms with Gasteiger partial charge in [0.1, 0.15) is 5.75 Å². The van der Waals surface area contributed by atoms with E-state index in [1.54, 1.807) is 0 Å². The zero-order chi connectivity index (χ0) is 18.1. The molecule has 2 rings (SSSR count). The van der Waals surface area contributed by atoms with Crippen LogP contribution < -0.4 is 5.32 Å². The molecule has 0 saturated carbocycles. The number of aromatic hydroxyl groups is 1. The maximum absolute atomic E-state index is 11.7. The van der Waals surface area contributed by atoms with Crippen molar-refractivity contribution in [3.05, 3.63) is 60.2 Å². The number of phenols is 1. The van der Waals surface area contributed by atoms with Crippen LogP contribution >= 0.6 is 11.8 Å². The average Bonchev–Trinajstić information content (AvgIpc) is 2.61. The van der Waals surface area contributed by atoms with Gasteiger partial charge in [-0.2, -0.15) is 0 Å². The highest BCUT2D eigenvalue weighted by atomic mass is 32.2. The third-order valence-electron chi connectivity index (χ3n) is 3.06. The highest BCUT2D eigenvalue weighted by molar-refractivity contribution is 7.99. The van der Waals surface area contributed by atoms with E-state index in [1.165, 1.54) is 36.0 Å². The molecule has 0 aromatic heterocycles. The van der Waals surface area contributed by atoms with Crippen molar-refractivity contribution < 1.29 is 24.2 Å². The number of amides is 2. The van der Waals surface area contributed by atoms with Gasteiger partial charge in [-0.3, -0.25) is 14.9 Å². The van der Waals surface area contributed by atoms with Crippen LogP contribution in [-0.4, -0.2) is 35.2 Å². The molecule has 0 fully saturated rings. The Morgan fingerprint density at radius 3 is 2.32 bits per heavy atom. The van der Waals surface area contributed by atoms with Crippen molar-refractivity contribution in [2.75, 3.05) is 12.4 Å². The summed E-state index contributed by atoms with van der Waals surface area (Å²) in [5.41, 5.74) is 0.205. The van der Waals surface area contributed by atoms with Gasteiger partial charge in [-0.05, 0) is 36.4 Å². The Balaban J connectivity index is 1.66. The van der Waals surface area contributed by atoms with E-state index in [0.717, 1.165) is 4.90 Å². The first-order valence-corrected chi connectivity index (χ1v) is 8.50. The number of carbonyl (C=O) groups excluding carboxylic acids is 3. The Morgan fingerprint density at radius 2 is 1.64 bits per heavy atom. The largest absolute Gasteiger partial charge is 0.508 e. The van der Waals surface area contributed by atoms with Crippen molar-refractivity contribution >= 4 is 29.5 Å². The quantitative estimate of drug-likeness (QED) is 0.582. The summed E-state index contributed by atoms with van der Waals surface area (Å²) in [5.74, 6) is -1.25. The molecule has 0 heterocycles. The SMILES string of the molecule is O=C(CCSc1ccccc1)NC(=O)COC(=O)c1ccc(O)cc1. The summed E-state index contributed by atoms with van der Waals surface area (Å²) in [6.45, 7) is -0.544. The van der Waals surface area contributed by atoms with E-state index in [-0.39, 0.29) is 17.7 Å². The monoisotopic (exact) mass is 359 g/mol. The summed E-state index contributed by atoms with van der Waals surface area (Å²) >= 11 is 1.51. The first kappa shape index (κ1) is 18.5. The lowest BCUT2D eigenvalue weighted by Gasteiger charge is -2.06. The van der Waals surface area contributed by atoms with Crippen LogP contribution in [-0.2, 0) is 14.3 Å². The number of nitrogens with one attached hydrogen (secondary N) is 1. The minimum absolute atomic E-state index is 0.0215. The molecule has 2 aromatic carbocycles. The third-order valence-corrected chi connectivity index (χ3v) is 4.07. The fourth-order valence-electron chi connectivity index (χ4n) is 1.84. The molecule has 25 heavy (non-hydrogen) atoms. The molecule has 2 N–H and O–H groups in total. The molecule has 0 aliphatic rings. The van der Waals surface area contributed by atoms with Crippen molar-refractivity contribution in [1.29, 1.82) is 0 Å². The molecule has 7 heteroatoms. The van der Waals surface area contributed by atoms with E-state index in [2.05, 4.69) is 5.32 Å². The minimum atomic E-state index is -0.706. The number of benzene rings is 2. The molecule has 0 aliphatic heterocycles. The molecule has 0 bridgehead atoms. The van der Waals surface area contributed by atoms with Crippen molar-refractivity contribution in [2.24, 2.45) is 0 Å². The van der Waals surface area contributed by atoms with E-state index in [0.29, 0.717) is 5.75 Å². The Kier molecular flexibility index (Phi) is 7.03. The number of hydrogen-bond acceptors (Lipinski definition) is 6. The van der Waals surface area contributed by atoms with Crippen LogP contribution in [0.15, 0.2) is 59.5 Å². The number of carbonyl (C=O) groups is 3. The van der Waals surface area contributed by atoms with Crippen LogP contribution in [0, 0.1) is 0 Å². The molecule has 0 unspecified atom stereocenters. The molecule has 0 radical (unpaired) electrons. The minimum Gasteiger partial charge on any atom is -0.508 e. The van der Waals surface area contributed by atoms with Gasteiger partial charge in [0, 0.05) is 17.1 Å². The fourth-order valence-corrected chi connectivity index (χ4v) is 2.72. The number of ether oxygens (including phenoxy) is 1. The standard InChI is InChI=1S/C18H17NO5S/c20-14-8-6-13(7-9-14)18(23)24-12-17(22)19-16(21)10-11-25-15-4-2-1-3-5-15/h1-9,20H,10-12H2,(H,19,21,22). The molecular weight excluding hydrogens is 342 g/mol. The van der Waals surface area contributed by atoms with Crippen molar-refractivity contribution in [1.82, 2.24) is 5.32 Å². The predicted octanol–water partition coefficient (Wildman–Crippen LogP) is 2.37. The lowest BCUT2D eigenvalue weighted by atomic mass is 10.2. The van der Waals surface area contributed by atoms with Gasteiger partial charge < -0.3 is 9.84 Å². The predicted molar refractivity (Wildman–Crippen MR) is 93.3 cm³/mol. The lowest BCUT2D eigenvalue weighted by molar-refractivity contribution is -0.132. The van der Waals surface area contributed by atoms with Gasteiger partial charge >= 0.3 is 5.97 Å². The van der Waals surface area contributed by atoms with Gasteiger partial charge in [0.2, 0.25) is 5.91 Å². The Bertz CT molecular complexity index is 731. The third kappa shape index (κ3) is 6.68. The lowest BCUT2D eigenvalue weighted by Crippen LogP contribution is -2.34. The summed E-state index contributed by atoms with van der Waals surface area (Å²) in [6, 6.07) is 15.0. The highest BCUT2D eigenvalue weighted by Crippen LogP contribution is 2.17. The van der Waals surface area contributed by atoms with Gasteiger partial charge in [0.15, 0.2) is 6.61 Å². The second kappa shape index (κ2) is 9.48.